The smallest absolute Gasteiger partial charge is 0.293 e. The Bertz CT molecular complexity index is 2340. The van der Waals surface area contributed by atoms with E-state index in [1.165, 1.54) is 6.08 Å². The van der Waals surface area contributed by atoms with E-state index in [1.807, 2.05) is 64.9 Å². The number of ether oxygens (including phenoxy) is 2. The van der Waals surface area contributed by atoms with Crippen LogP contribution in [-0.4, -0.2) is 120 Å². The molecule has 6 rings (SSSR count). The number of likely N-dealkylation sites (N-methyl/N-ethyl adjacent to an activating group) is 1. The molecule has 3 amide bonds. The molecule has 2 N–H and O–H groups in total. The van der Waals surface area contributed by atoms with Crippen LogP contribution in [0.2, 0.25) is 0 Å². The summed E-state index contributed by atoms with van der Waals surface area (Å²) in [5, 5.41) is 5.92. The van der Waals surface area contributed by atoms with Gasteiger partial charge in [0.2, 0.25) is 11.8 Å². The molecule has 0 radical (unpaired) electrons. The summed E-state index contributed by atoms with van der Waals surface area (Å²) in [4.78, 5) is 68.9. The Morgan fingerprint density at radius 3 is 2.40 bits per heavy atom. The first kappa shape index (κ1) is 52.3. The summed E-state index contributed by atoms with van der Waals surface area (Å²) in [5.74, 6) is -0.270. The van der Waals surface area contributed by atoms with Crippen molar-refractivity contribution < 1.29 is 33.4 Å². The number of methoxy groups -OCH3 is 1. The lowest BCUT2D eigenvalue weighted by Gasteiger charge is -2.33. The Kier molecular flexibility index (Phi) is 18.6. The van der Waals surface area contributed by atoms with Gasteiger partial charge < -0.3 is 29.1 Å². The number of rotatable bonds is 19. The minimum absolute atomic E-state index is 0.0175. The van der Waals surface area contributed by atoms with Crippen molar-refractivity contribution in [2.24, 2.45) is 17.3 Å². The van der Waals surface area contributed by atoms with E-state index in [0.717, 1.165) is 88.7 Å². The molecule has 0 saturated carbocycles. The number of likely N-dealkylation sites (tertiary alicyclic amines) is 1. The topological polar surface area (TPSA) is 155 Å². The predicted octanol–water partition coefficient (Wildman–Crippen LogP) is 7.19. The Labute approximate surface area is 397 Å². The zero-order valence-electron chi connectivity index (χ0n) is 41.3. The van der Waals surface area contributed by atoms with Gasteiger partial charge in [-0.15, -0.1) is 0 Å². The minimum atomic E-state index is -0.733. The highest BCUT2D eigenvalue weighted by molar-refractivity contribution is 5.95. The van der Waals surface area contributed by atoms with E-state index in [0.29, 0.717) is 32.4 Å². The van der Waals surface area contributed by atoms with Crippen molar-refractivity contribution in [1.82, 2.24) is 35.1 Å². The van der Waals surface area contributed by atoms with Crippen LogP contribution in [0.5, 0.6) is 0 Å². The molecule has 2 aliphatic heterocycles. The summed E-state index contributed by atoms with van der Waals surface area (Å²) in [6.45, 7) is 21.2. The van der Waals surface area contributed by atoms with Crippen LogP contribution >= 0.6 is 0 Å². The van der Waals surface area contributed by atoms with E-state index >= 15 is 0 Å². The summed E-state index contributed by atoms with van der Waals surface area (Å²) in [6, 6.07) is 18.0. The highest BCUT2D eigenvalue weighted by Crippen LogP contribution is 2.42. The second-order valence-electron chi connectivity index (χ2n) is 19.3. The minimum Gasteiger partial charge on any atom is -0.467 e. The average Bonchev–Trinajstić information content (AvgIpc) is 3.85. The number of aryl methyl sites for hydroxylation is 1. The third kappa shape index (κ3) is 12.8. The molecule has 14 heteroatoms. The van der Waals surface area contributed by atoms with Gasteiger partial charge >= 0.3 is 0 Å². The lowest BCUT2D eigenvalue weighted by molar-refractivity contribution is -0.141. The summed E-state index contributed by atoms with van der Waals surface area (Å²) < 4.78 is 13.4. The molecule has 67 heavy (non-hydrogen) atoms. The molecule has 0 spiro atoms. The van der Waals surface area contributed by atoms with Gasteiger partial charge in [-0.1, -0.05) is 64.6 Å². The van der Waals surface area contributed by atoms with Crippen molar-refractivity contribution in [2.75, 3.05) is 47.4 Å². The molecule has 2 fully saturated rings. The van der Waals surface area contributed by atoms with Crippen molar-refractivity contribution >= 4 is 41.4 Å². The van der Waals surface area contributed by atoms with Gasteiger partial charge in [0.05, 0.1) is 30.1 Å². The zero-order chi connectivity index (χ0) is 49.0. The first-order valence-electron chi connectivity index (χ1n) is 23.7. The number of nitrogens with one attached hydrogen (secondary N) is 2. The standard InChI is InChI=1S/C44H60N6O5.C9H13NO2/c1-10-49-38-19-18-33(25-35(38)36(26-44(5,6)27-55-28-51)41(49)34-17-14-20-45-39(34)30(4)54-9)32-16-13-15-31(23-32)24-37(43(53)50-22-12-11-21-46-50)47-42(52)40(29(2)3)48(7)8;1-3-9(12)10-5-8(6-11)4-7(10)2/h13-20,23,25,28-30,37,40,46H,10-12,21-22,24,26-27H2,1-9H3,(H,47,52);3,6-8H,1,4-5H2,2H3. The molecular weight excluding hydrogens is 847 g/mol. The molecule has 5 unspecified atom stereocenters. The molecule has 14 nitrogen and oxygen atoms in total. The highest BCUT2D eigenvalue weighted by atomic mass is 16.5. The fraction of sp³-hybridized carbons (Fsp3) is 0.509. The predicted molar refractivity (Wildman–Crippen MR) is 264 cm³/mol. The number of nitrogens with zero attached hydrogens (tertiary/aromatic N) is 5. The number of benzene rings is 2. The van der Waals surface area contributed by atoms with Crippen LogP contribution in [0.3, 0.4) is 0 Å². The van der Waals surface area contributed by atoms with E-state index in [9.17, 15) is 24.0 Å². The maximum Gasteiger partial charge on any atom is 0.293 e. The maximum atomic E-state index is 14.0. The van der Waals surface area contributed by atoms with Gasteiger partial charge in [0.15, 0.2) is 0 Å². The first-order valence-corrected chi connectivity index (χ1v) is 23.7. The second kappa shape index (κ2) is 23.8. The third-order valence-electron chi connectivity index (χ3n) is 12.9. The number of amides is 3. The van der Waals surface area contributed by atoms with Crippen LogP contribution in [-0.2, 0) is 52.8 Å². The van der Waals surface area contributed by atoms with Crippen LogP contribution in [0.1, 0.15) is 90.7 Å². The van der Waals surface area contributed by atoms with Crippen LogP contribution in [0.4, 0.5) is 0 Å². The van der Waals surface area contributed by atoms with E-state index in [2.05, 4.69) is 79.1 Å². The van der Waals surface area contributed by atoms with Gasteiger partial charge in [0.1, 0.15) is 12.3 Å². The number of fused-ring (bicyclic) bond motifs is 1. The number of aromatic nitrogens is 2. The molecule has 0 bridgehead atoms. The van der Waals surface area contributed by atoms with E-state index in [1.54, 1.807) is 23.2 Å². The van der Waals surface area contributed by atoms with Crippen molar-refractivity contribution in [3.8, 4) is 22.4 Å². The number of pyridine rings is 1. The lowest BCUT2D eigenvalue weighted by atomic mass is 9.84. The van der Waals surface area contributed by atoms with Crippen LogP contribution in [0, 0.1) is 17.3 Å². The summed E-state index contributed by atoms with van der Waals surface area (Å²) in [5.41, 5.74) is 11.1. The number of hydrogen-bond donors (Lipinski definition) is 2. The van der Waals surface area contributed by atoms with Gasteiger partial charge in [-0.05, 0) is 119 Å². The number of hydrogen-bond acceptors (Lipinski definition) is 10. The Morgan fingerprint density at radius 2 is 1.79 bits per heavy atom. The molecule has 362 valence electrons. The number of aldehydes is 1. The highest BCUT2D eigenvalue weighted by Gasteiger charge is 2.33. The molecule has 5 atom stereocenters. The lowest BCUT2D eigenvalue weighted by Crippen LogP contribution is -2.58. The maximum absolute atomic E-state index is 14.0. The largest absolute Gasteiger partial charge is 0.467 e. The van der Waals surface area contributed by atoms with Crippen LogP contribution in [0.25, 0.3) is 33.3 Å². The van der Waals surface area contributed by atoms with Crippen molar-refractivity contribution in [2.45, 2.75) is 111 Å². The van der Waals surface area contributed by atoms with Gasteiger partial charge in [0.25, 0.3) is 12.4 Å². The summed E-state index contributed by atoms with van der Waals surface area (Å²) in [7, 11) is 5.49. The van der Waals surface area contributed by atoms with Gasteiger partial charge in [-0.3, -0.25) is 34.1 Å². The summed E-state index contributed by atoms with van der Waals surface area (Å²) >= 11 is 0. The SMILES string of the molecule is C=CC(=O)N1CC(C=O)CC1C.CCn1c(-c2cccnc2C(C)OC)c(CC(C)(C)COC=O)c2cc(-c3cccc(CC(NC(=O)C(C(C)C)N(C)C)C(=O)N4CCCCN4)c3)ccc21. The van der Waals surface area contributed by atoms with Crippen molar-refractivity contribution in [3.05, 3.63) is 90.3 Å². The van der Waals surface area contributed by atoms with E-state index < -0.39 is 6.04 Å². The van der Waals surface area contributed by atoms with Crippen LogP contribution in [0.15, 0.2) is 73.4 Å². The fourth-order valence-electron chi connectivity index (χ4n) is 9.63. The van der Waals surface area contributed by atoms with Gasteiger partial charge in [0, 0.05) is 79.7 Å². The van der Waals surface area contributed by atoms with E-state index in [4.69, 9.17) is 14.5 Å². The molecule has 2 aliphatic rings. The first-order chi connectivity index (χ1) is 32.0. The molecule has 4 aromatic rings. The summed E-state index contributed by atoms with van der Waals surface area (Å²) in [6.07, 6.45) is 7.51. The number of carbonyl (C=O) groups is 5. The number of hydrazine groups is 1. The Morgan fingerprint density at radius 1 is 1.04 bits per heavy atom. The molecule has 0 aliphatic carbocycles. The van der Waals surface area contributed by atoms with Crippen molar-refractivity contribution in [3.63, 3.8) is 0 Å². The van der Waals surface area contributed by atoms with Gasteiger partial charge in [-0.25, -0.2) is 5.43 Å². The van der Waals surface area contributed by atoms with Crippen LogP contribution < -0.4 is 10.7 Å². The number of carbonyl (C=O) groups excluding carboxylic acids is 5. The molecule has 2 aromatic heterocycles. The van der Waals surface area contributed by atoms with E-state index in [-0.39, 0.29) is 59.8 Å². The Hall–Kier alpha value is -5.70. The third-order valence-corrected chi connectivity index (χ3v) is 12.9. The van der Waals surface area contributed by atoms with Crippen molar-refractivity contribution in [1.29, 1.82) is 0 Å². The molecule has 2 aromatic carbocycles. The second-order valence-corrected chi connectivity index (χ2v) is 19.3. The Balaban J connectivity index is 0.000000608. The molecular formula is C53H73N7O7. The molecule has 2 saturated heterocycles. The normalized spacial score (nSPS) is 17.7. The quantitative estimate of drug-likeness (QED) is 0.0730. The average molecular weight is 920 g/mol. The monoisotopic (exact) mass is 920 g/mol. The van der Waals surface area contributed by atoms with Gasteiger partial charge in [-0.2, -0.15) is 0 Å². The molecule has 4 heterocycles. The zero-order valence-corrected chi connectivity index (χ0v) is 41.3. The fourth-order valence-corrected chi connectivity index (χ4v) is 9.63.